The topological polar surface area (TPSA) is 117 Å². The van der Waals surface area contributed by atoms with Crippen molar-refractivity contribution in [3.8, 4) is 0 Å². The van der Waals surface area contributed by atoms with Gasteiger partial charge in [-0.1, -0.05) is 105 Å². The Kier molecular flexibility index (Phi) is 10.9. The molecular weight excluding hydrogens is 634 g/mol. The second-order valence-electron chi connectivity index (χ2n) is 14.0. The van der Waals surface area contributed by atoms with E-state index >= 15 is 0 Å². The van der Waals surface area contributed by atoms with Crippen LogP contribution in [0.5, 0.6) is 0 Å². The van der Waals surface area contributed by atoms with Crippen molar-refractivity contribution in [2.45, 2.75) is 88.3 Å². The summed E-state index contributed by atoms with van der Waals surface area (Å²) in [4.78, 5) is 62.4. The van der Waals surface area contributed by atoms with Gasteiger partial charge in [-0.3, -0.25) is 19.2 Å². The summed E-state index contributed by atoms with van der Waals surface area (Å²) in [5, 5.41) is 10.8. The van der Waals surface area contributed by atoms with Crippen molar-refractivity contribution >= 4 is 23.7 Å². The Morgan fingerprint density at radius 1 is 0.960 bits per heavy atom. The summed E-state index contributed by atoms with van der Waals surface area (Å²) in [6.45, 7) is 4.33. The third kappa shape index (κ3) is 6.63. The molecule has 0 aliphatic carbocycles. The van der Waals surface area contributed by atoms with Gasteiger partial charge < -0.3 is 29.3 Å². The number of likely N-dealkylation sites (tertiary alicyclic amines) is 1. The van der Waals surface area contributed by atoms with Crippen molar-refractivity contribution in [3.63, 3.8) is 0 Å². The fourth-order valence-electron chi connectivity index (χ4n) is 8.13. The molecule has 0 saturated carbocycles. The molecule has 2 aromatic rings. The molecule has 4 aliphatic rings. The van der Waals surface area contributed by atoms with Crippen LogP contribution in [-0.2, 0) is 35.1 Å². The standard InChI is InChI=1S/C40H49N3O7/c1-4-5-14-23-42-24-15-8-13-20-32(45)41(3)27(2)35(29-18-11-7-12-19-29)49-39(48)33-31-21-22-40(50-31)34(33)37(46)43(36(40)38(42)47)30(26-44)25-28-16-9-6-10-17-28/h6-12,15-19,21-22,27,30-31,33-36,44H,4-5,13-14,20,23-26H2,1-3H3/b15-8-/t27-,30-,31+,33-,34-,35+,36+,40-/m1/s1. The summed E-state index contributed by atoms with van der Waals surface area (Å²) in [5.41, 5.74) is 0.222. The highest BCUT2D eigenvalue weighted by atomic mass is 16.6. The fourth-order valence-corrected chi connectivity index (χ4v) is 8.13. The fraction of sp³-hybridized carbons (Fsp3) is 0.500. The maximum Gasteiger partial charge on any atom is 0.313 e. The van der Waals surface area contributed by atoms with Crippen molar-refractivity contribution in [2.75, 3.05) is 26.7 Å². The summed E-state index contributed by atoms with van der Waals surface area (Å²) in [6.07, 6.45) is 9.53. The van der Waals surface area contributed by atoms with Crippen LogP contribution in [0.15, 0.2) is 85.0 Å². The van der Waals surface area contributed by atoms with E-state index in [2.05, 4.69) is 6.92 Å². The number of ether oxygens (including phenoxy) is 2. The first-order valence-corrected chi connectivity index (χ1v) is 18.0. The monoisotopic (exact) mass is 683 g/mol. The number of likely N-dealkylation sites (N-methyl/N-ethyl adjacent to an activating group) is 1. The third-order valence-corrected chi connectivity index (χ3v) is 10.9. The van der Waals surface area contributed by atoms with E-state index in [0.717, 1.165) is 30.4 Å². The molecule has 6 rings (SSSR count). The molecule has 266 valence electrons. The molecule has 4 heterocycles. The lowest BCUT2D eigenvalue weighted by molar-refractivity contribution is -0.164. The summed E-state index contributed by atoms with van der Waals surface area (Å²) in [5.74, 6) is -3.46. The van der Waals surface area contributed by atoms with Gasteiger partial charge in [-0.05, 0) is 37.3 Å². The lowest BCUT2D eigenvalue weighted by Gasteiger charge is -2.39. The van der Waals surface area contributed by atoms with Crippen LogP contribution in [-0.4, -0.2) is 100 Å². The number of unbranched alkanes of at least 4 members (excludes halogenated alkanes) is 2. The minimum absolute atomic E-state index is 0.0946. The number of rotatable bonds is 9. The average molecular weight is 684 g/mol. The van der Waals surface area contributed by atoms with E-state index < -0.39 is 59.6 Å². The summed E-state index contributed by atoms with van der Waals surface area (Å²) < 4.78 is 13.0. The van der Waals surface area contributed by atoms with Gasteiger partial charge in [0.1, 0.15) is 23.7 Å². The van der Waals surface area contributed by atoms with Gasteiger partial charge in [-0.15, -0.1) is 0 Å². The molecule has 4 aliphatic heterocycles. The second kappa shape index (κ2) is 15.3. The second-order valence-corrected chi connectivity index (χ2v) is 14.0. The Morgan fingerprint density at radius 3 is 2.38 bits per heavy atom. The van der Waals surface area contributed by atoms with E-state index in [0.29, 0.717) is 25.9 Å². The van der Waals surface area contributed by atoms with E-state index in [4.69, 9.17) is 9.47 Å². The first-order chi connectivity index (χ1) is 24.2. The number of esters is 1. The van der Waals surface area contributed by atoms with Gasteiger partial charge in [-0.2, -0.15) is 0 Å². The number of allylic oxidation sites excluding steroid dienone is 1. The zero-order valence-corrected chi connectivity index (χ0v) is 29.2. The van der Waals surface area contributed by atoms with Crippen molar-refractivity contribution in [2.24, 2.45) is 11.8 Å². The van der Waals surface area contributed by atoms with Crippen LogP contribution >= 0.6 is 0 Å². The van der Waals surface area contributed by atoms with Gasteiger partial charge in [-0.25, -0.2) is 0 Å². The van der Waals surface area contributed by atoms with E-state index in [-0.39, 0.29) is 24.8 Å². The SMILES string of the molecule is CCCCCN1C/C=C\CCC(=O)N(C)[C@H](C)[C@@H](c2ccccc2)OC(=O)[C@@H]2[C@@H]3C=C[C@]4(O3)[C@H](C1=O)N([C@@H](CO)Cc1ccccc1)C(=O)[C@@H]24. The number of cyclic esters (lactones) is 1. The molecular formula is C40H49N3O7. The molecule has 3 amide bonds. The molecule has 0 aromatic heterocycles. The number of aliphatic hydroxyl groups excluding tert-OH is 1. The van der Waals surface area contributed by atoms with Crippen LogP contribution < -0.4 is 0 Å². The van der Waals surface area contributed by atoms with Gasteiger partial charge >= 0.3 is 5.97 Å². The first-order valence-electron chi connectivity index (χ1n) is 18.0. The van der Waals surface area contributed by atoms with E-state index in [1.165, 1.54) is 4.90 Å². The Bertz CT molecular complexity index is 1600. The number of nitrogens with zero attached hydrogens (tertiary/aromatic N) is 3. The van der Waals surface area contributed by atoms with Crippen LogP contribution in [0.4, 0.5) is 0 Å². The van der Waals surface area contributed by atoms with E-state index in [9.17, 15) is 24.3 Å². The predicted molar refractivity (Wildman–Crippen MR) is 187 cm³/mol. The van der Waals surface area contributed by atoms with E-state index in [1.807, 2.05) is 79.7 Å². The average Bonchev–Trinajstić information content (AvgIpc) is 3.78. The predicted octanol–water partition coefficient (Wildman–Crippen LogP) is 4.24. The number of carbonyl (C=O) groups excluding carboxylic acids is 4. The molecule has 0 radical (unpaired) electrons. The number of hydrogen-bond donors (Lipinski definition) is 1. The molecule has 2 fully saturated rings. The minimum atomic E-state index is -1.41. The lowest BCUT2D eigenvalue weighted by Crippen LogP contribution is -2.59. The maximum absolute atomic E-state index is 14.9. The molecule has 2 saturated heterocycles. The van der Waals surface area contributed by atoms with E-state index in [1.54, 1.807) is 29.0 Å². The Morgan fingerprint density at radius 2 is 1.68 bits per heavy atom. The molecule has 50 heavy (non-hydrogen) atoms. The Balaban J connectivity index is 1.44. The highest BCUT2D eigenvalue weighted by molar-refractivity contribution is 5.99. The van der Waals surface area contributed by atoms with Crippen LogP contribution in [0.2, 0.25) is 0 Å². The molecule has 5 bridgehead atoms. The number of benzene rings is 2. The third-order valence-electron chi connectivity index (χ3n) is 10.9. The van der Waals surface area contributed by atoms with Crippen LogP contribution in [0.3, 0.4) is 0 Å². The summed E-state index contributed by atoms with van der Waals surface area (Å²) in [6, 6.07) is 16.5. The van der Waals surface area contributed by atoms with Gasteiger partial charge in [0.2, 0.25) is 17.7 Å². The smallest absolute Gasteiger partial charge is 0.313 e. The Labute approximate surface area is 294 Å². The van der Waals surface area contributed by atoms with Crippen molar-refractivity contribution in [1.29, 1.82) is 0 Å². The molecule has 10 heteroatoms. The highest BCUT2D eigenvalue weighted by Gasteiger charge is 2.74. The number of fused-ring (bicyclic) bond motifs is 2. The number of hydrogen-bond acceptors (Lipinski definition) is 7. The van der Waals surface area contributed by atoms with Crippen LogP contribution in [0.1, 0.15) is 63.2 Å². The zero-order valence-electron chi connectivity index (χ0n) is 29.2. The molecule has 10 nitrogen and oxygen atoms in total. The van der Waals surface area contributed by atoms with Crippen molar-refractivity contribution < 1.29 is 33.8 Å². The molecule has 0 unspecified atom stereocenters. The minimum Gasteiger partial charge on any atom is -0.455 e. The molecule has 1 spiro atoms. The van der Waals surface area contributed by atoms with Gasteiger partial charge in [0.15, 0.2) is 0 Å². The van der Waals surface area contributed by atoms with Crippen LogP contribution in [0, 0.1) is 11.8 Å². The number of aliphatic hydroxyl groups is 1. The summed E-state index contributed by atoms with van der Waals surface area (Å²) in [7, 11) is 1.71. The van der Waals surface area contributed by atoms with Gasteiger partial charge in [0.05, 0.1) is 30.7 Å². The quantitative estimate of drug-likeness (QED) is 0.239. The molecule has 1 N–H and O–H groups in total. The normalized spacial score (nSPS) is 31.2. The number of amides is 3. The lowest BCUT2D eigenvalue weighted by atomic mass is 9.74. The number of carbonyl (C=O) groups is 4. The molecule has 8 atom stereocenters. The van der Waals surface area contributed by atoms with Crippen molar-refractivity contribution in [1.82, 2.24) is 14.7 Å². The largest absolute Gasteiger partial charge is 0.455 e. The van der Waals surface area contributed by atoms with Crippen LogP contribution in [0.25, 0.3) is 0 Å². The molecule has 2 aromatic carbocycles. The highest BCUT2D eigenvalue weighted by Crippen LogP contribution is 2.56. The first kappa shape index (κ1) is 35.5. The summed E-state index contributed by atoms with van der Waals surface area (Å²) >= 11 is 0. The van der Waals surface area contributed by atoms with Crippen molar-refractivity contribution in [3.05, 3.63) is 96.1 Å². The maximum atomic E-state index is 14.9. The van der Waals surface area contributed by atoms with Gasteiger partial charge in [0.25, 0.3) is 0 Å². The Hall–Kier alpha value is -4.28. The zero-order chi connectivity index (χ0) is 35.4. The van der Waals surface area contributed by atoms with Gasteiger partial charge in [0, 0.05) is 26.6 Å².